The number of aryl methyl sites for hydroxylation is 2. The maximum Gasteiger partial charge on any atom is 0.243 e. The number of sulfonamides is 1. The minimum Gasteiger partial charge on any atom is -0.487 e. The number of amides is 1. The van der Waals surface area contributed by atoms with Crippen molar-refractivity contribution in [2.75, 3.05) is 13.1 Å². The molecule has 7 heteroatoms. The van der Waals surface area contributed by atoms with Crippen molar-refractivity contribution in [3.8, 4) is 5.75 Å². The van der Waals surface area contributed by atoms with E-state index in [0.717, 1.165) is 22.4 Å². The number of rotatable bonds is 4. The van der Waals surface area contributed by atoms with E-state index in [9.17, 15) is 13.2 Å². The van der Waals surface area contributed by atoms with Gasteiger partial charge in [0.2, 0.25) is 15.9 Å². The first-order valence-corrected chi connectivity index (χ1v) is 12.7. The predicted octanol–water partition coefficient (Wildman–Crippen LogP) is 4.12. The van der Waals surface area contributed by atoms with E-state index in [2.05, 4.69) is 11.4 Å². The molecule has 0 radical (unpaired) electrons. The van der Waals surface area contributed by atoms with Crippen molar-refractivity contribution in [1.82, 2.24) is 9.62 Å². The molecule has 0 aromatic heterocycles. The van der Waals surface area contributed by atoms with Gasteiger partial charge in [-0.2, -0.15) is 4.31 Å². The molecule has 2 aromatic carbocycles. The van der Waals surface area contributed by atoms with Crippen LogP contribution in [0.15, 0.2) is 47.4 Å². The molecule has 2 aliphatic heterocycles. The number of hydrogen-bond acceptors (Lipinski definition) is 4. The van der Waals surface area contributed by atoms with Crippen LogP contribution in [0.1, 0.15) is 55.8 Å². The van der Waals surface area contributed by atoms with E-state index in [1.807, 2.05) is 52.0 Å². The fourth-order valence-electron chi connectivity index (χ4n) is 4.61. The van der Waals surface area contributed by atoms with E-state index in [4.69, 9.17) is 4.74 Å². The van der Waals surface area contributed by atoms with Crippen molar-refractivity contribution < 1.29 is 17.9 Å². The zero-order valence-electron chi connectivity index (χ0n) is 19.2. The van der Waals surface area contributed by atoms with Crippen molar-refractivity contribution in [1.29, 1.82) is 0 Å². The van der Waals surface area contributed by atoms with Crippen LogP contribution in [0.5, 0.6) is 5.75 Å². The lowest BCUT2D eigenvalue weighted by Gasteiger charge is -2.39. The summed E-state index contributed by atoms with van der Waals surface area (Å²) in [5, 5.41) is 3.23. The van der Waals surface area contributed by atoms with Crippen LogP contribution >= 0.6 is 0 Å². The number of ether oxygens (including phenoxy) is 1. The number of hydrogen-bond donors (Lipinski definition) is 1. The first-order chi connectivity index (χ1) is 15.0. The minimum absolute atomic E-state index is 0.00691. The third kappa shape index (κ3) is 4.69. The Morgan fingerprint density at radius 3 is 2.31 bits per heavy atom. The van der Waals surface area contributed by atoms with Crippen LogP contribution in [0.3, 0.4) is 0 Å². The van der Waals surface area contributed by atoms with Crippen LogP contribution in [0.2, 0.25) is 0 Å². The molecule has 1 fully saturated rings. The van der Waals surface area contributed by atoms with Crippen molar-refractivity contribution in [3.05, 3.63) is 59.2 Å². The zero-order chi connectivity index (χ0) is 23.1. The third-order valence-corrected chi connectivity index (χ3v) is 8.34. The van der Waals surface area contributed by atoms with E-state index in [-0.39, 0.29) is 23.5 Å². The minimum atomic E-state index is -3.53. The Balaban J connectivity index is 1.42. The number of piperidine rings is 1. The number of carbonyl (C=O) groups excluding carboxylic acids is 1. The fraction of sp³-hybridized carbons (Fsp3) is 0.480. The van der Waals surface area contributed by atoms with E-state index in [0.29, 0.717) is 37.2 Å². The highest BCUT2D eigenvalue weighted by atomic mass is 32.2. The summed E-state index contributed by atoms with van der Waals surface area (Å²) in [5.41, 5.74) is 2.79. The molecule has 4 rings (SSSR count). The van der Waals surface area contributed by atoms with E-state index in [1.54, 1.807) is 12.1 Å². The smallest absolute Gasteiger partial charge is 0.243 e. The predicted molar refractivity (Wildman–Crippen MR) is 124 cm³/mol. The summed E-state index contributed by atoms with van der Waals surface area (Å²) >= 11 is 0. The van der Waals surface area contributed by atoms with Gasteiger partial charge in [0.15, 0.2) is 0 Å². The quantitative estimate of drug-likeness (QED) is 0.751. The number of fused-ring (bicyclic) bond motifs is 1. The van der Waals surface area contributed by atoms with Gasteiger partial charge in [0.1, 0.15) is 11.4 Å². The standard InChI is InChI=1S/C25H32N2O4S/c1-17-5-8-20(9-6-17)32(29,30)27-13-11-19(12-14-27)24(28)26-22-16-25(3,4)31-23-10-7-18(2)15-21(22)23/h5-10,15,19,22H,11-14,16H2,1-4H3,(H,26,28)/t22-/m0/s1. The lowest BCUT2D eigenvalue weighted by molar-refractivity contribution is -0.127. The van der Waals surface area contributed by atoms with Crippen molar-refractivity contribution in [3.63, 3.8) is 0 Å². The van der Waals surface area contributed by atoms with Gasteiger partial charge in [0.05, 0.1) is 10.9 Å². The number of benzene rings is 2. The monoisotopic (exact) mass is 456 g/mol. The summed E-state index contributed by atoms with van der Waals surface area (Å²) in [5.74, 6) is 0.613. The number of carbonyl (C=O) groups is 1. The Kier molecular flexibility index (Phi) is 6.07. The third-order valence-electron chi connectivity index (χ3n) is 6.42. The Labute approximate surface area is 191 Å². The molecule has 32 heavy (non-hydrogen) atoms. The molecule has 0 spiro atoms. The molecule has 1 N–H and O–H groups in total. The molecular formula is C25H32N2O4S. The SMILES string of the molecule is Cc1ccc(S(=O)(=O)N2CCC(C(=O)N[C@H]3CC(C)(C)Oc4ccc(C)cc43)CC2)cc1. The van der Waals surface area contributed by atoms with Crippen LogP contribution in [-0.4, -0.2) is 37.3 Å². The Bertz CT molecular complexity index is 1100. The Hall–Kier alpha value is -2.38. The van der Waals surface area contributed by atoms with E-state index >= 15 is 0 Å². The lowest BCUT2D eigenvalue weighted by Crippen LogP contribution is -2.46. The van der Waals surface area contributed by atoms with Gasteiger partial charge in [0.25, 0.3) is 0 Å². The zero-order valence-corrected chi connectivity index (χ0v) is 20.0. The lowest BCUT2D eigenvalue weighted by atomic mass is 9.88. The summed E-state index contributed by atoms with van der Waals surface area (Å²) in [7, 11) is -3.53. The molecule has 1 amide bonds. The van der Waals surface area contributed by atoms with E-state index < -0.39 is 10.0 Å². The summed E-state index contributed by atoms with van der Waals surface area (Å²) < 4.78 is 33.5. The highest BCUT2D eigenvalue weighted by Crippen LogP contribution is 2.40. The second-order valence-electron chi connectivity index (χ2n) is 9.66. The second kappa shape index (κ2) is 8.52. The van der Waals surface area contributed by atoms with Crippen LogP contribution < -0.4 is 10.1 Å². The molecule has 0 bridgehead atoms. The Morgan fingerprint density at radius 1 is 1.03 bits per heavy atom. The number of nitrogens with one attached hydrogen (secondary N) is 1. The van der Waals surface area contributed by atoms with Crippen LogP contribution in [-0.2, 0) is 14.8 Å². The molecule has 6 nitrogen and oxygen atoms in total. The number of nitrogens with zero attached hydrogens (tertiary/aromatic N) is 1. The van der Waals surface area contributed by atoms with Gasteiger partial charge in [-0.05, 0) is 58.7 Å². The van der Waals surface area contributed by atoms with Crippen LogP contribution in [0, 0.1) is 19.8 Å². The summed E-state index contributed by atoms with van der Waals surface area (Å²) in [6, 6.07) is 12.9. The van der Waals surface area contributed by atoms with Gasteiger partial charge >= 0.3 is 0 Å². The first-order valence-electron chi connectivity index (χ1n) is 11.2. The molecule has 1 saturated heterocycles. The molecule has 2 heterocycles. The normalized spacial score (nSPS) is 21.4. The van der Waals surface area contributed by atoms with Gasteiger partial charge in [0, 0.05) is 31.0 Å². The first kappa shape index (κ1) is 22.8. The molecule has 0 aliphatic carbocycles. The molecule has 1 atom stereocenters. The van der Waals surface area contributed by atoms with Crippen molar-refractivity contribution in [2.45, 2.75) is 63.5 Å². The second-order valence-corrected chi connectivity index (χ2v) is 11.6. The van der Waals surface area contributed by atoms with Gasteiger partial charge in [-0.3, -0.25) is 4.79 Å². The Morgan fingerprint density at radius 2 is 1.66 bits per heavy atom. The molecule has 2 aromatic rings. The average Bonchev–Trinajstić information content (AvgIpc) is 2.74. The molecule has 0 unspecified atom stereocenters. The molecule has 0 saturated carbocycles. The topological polar surface area (TPSA) is 75.7 Å². The molecule has 172 valence electrons. The van der Waals surface area contributed by atoms with Crippen LogP contribution in [0.4, 0.5) is 0 Å². The van der Waals surface area contributed by atoms with Gasteiger partial charge < -0.3 is 10.1 Å². The van der Waals surface area contributed by atoms with Crippen molar-refractivity contribution >= 4 is 15.9 Å². The van der Waals surface area contributed by atoms with E-state index in [1.165, 1.54) is 4.31 Å². The van der Waals surface area contributed by atoms with Gasteiger partial charge in [-0.15, -0.1) is 0 Å². The van der Waals surface area contributed by atoms with Crippen molar-refractivity contribution in [2.24, 2.45) is 5.92 Å². The highest BCUT2D eigenvalue weighted by molar-refractivity contribution is 7.89. The highest BCUT2D eigenvalue weighted by Gasteiger charge is 2.37. The maximum atomic E-state index is 13.1. The molecular weight excluding hydrogens is 424 g/mol. The largest absolute Gasteiger partial charge is 0.487 e. The summed E-state index contributed by atoms with van der Waals surface area (Å²) in [6.07, 6.45) is 1.73. The maximum absolute atomic E-state index is 13.1. The average molecular weight is 457 g/mol. The summed E-state index contributed by atoms with van der Waals surface area (Å²) in [4.78, 5) is 13.4. The van der Waals surface area contributed by atoms with Gasteiger partial charge in [-0.1, -0.05) is 35.4 Å². The molecule has 2 aliphatic rings. The fourth-order valence-corrected chi connectivity index (χ4v) is 6.08. The summed E-state index contributed by atoms with van der Waals surface area (Å²) in [6.45, 7) is 8.72. The van der Waals surface area contributed by atoms with Gasteiger partial charge in [-0.25, -0.2) is 8.42 Å². The van der Waals surface area contributed by atoms with Crippen LogP contribution in [0.25, 0.3) is 0 Å².